The maximum absolute atomic E-state index is 12.4. The maximum Gasteiger partial charge on any atom is 0.327 e. The minimum atomic E-state index is -1.05. The van der Waals surface area contributed by atoms with Gasteiger partial charge in [-0.05, 0) is 23.6 Å². The zero-order chi connectivity index (χ0) is 15.6. The van der Waals surface area contributed by atoms with Crippen LogP contribution in [0.3, 0.4) is 0 Å². The molecule has 0 spiro atoms. The first-order valence-electron chi connectivity index (χ1n) is 6.31. The first kappa shape index (κ1) is 15.7. The molecule has 1 N–H and O–H groups in total. The van der Waals surface area contributed by atoms with E-state index in [2.05, 4.69) is 4.98 Å². The van der Waals surface area contributed by atoms with Crippen LogP contribution in [0.2, 0.25) is 0 Å². The van der Waals surface area contributed by atoms with Crippen LogP contribution in [-0.4, -0.2) is 37.2 Å². The molecule has 1 aliphatic heterocycles. The Labute approximate surface area is 132 Å². The van der Waals surface area contributed by atoms with Crippen LogP contribution in [0.4, 0.5) is 0 Å². The fourth-order valence-electron chi connectivity index (χ4n) is 2.03. The predicted octanol–water partition coefficient (Wildman–Crippen LogP) is 2.39. The van der Waals surface area contributed by atoms with Crippen molar-refractivity contribution in [3.63, 3.8) is 0 Å². The summed E-state index contributed by atoms with van der Waals surface area (Å²) in [5, 5.41) is 9.32. The summed E-state index contributed by atoms with van der Waals surface area (Å²) in [4.78, 5) is 29.4. The summed E-state index contributed by atoms with van der Waals surface area (Å²) in [5.41, 5.74) is 0.773. The second kappa shape index (κ2) is 6.36. The normalized spacial score (nSPS) is 18.6. The maximum atomic E-state index is 12.4. The minimum absolute atomic E-state index is 0.234. The molecule has 1 amide bonds. The molecule has 110 valence electrons. The van der Waals surface area contributed by atoms with Gasteiger partial charge in [-0.2, -0.15) is 0 Å². The Morgan fingerprint density at radius 1 is 1.52 bits per heavy atom. The van der Waals surface area contributed by atoms with Crippen molar-refractivity contribution in [2.75, 3.05) is 0 Å². The summed E-state index contributed by atoms with van der Waals surface area (Å²) in [7, 11) is 0. The molecule has 1 aromatic rings. The van der Waals surface area contributed by atoms with Gasteiger partial charge in [0.2, 0.25) is 0 Å². The standard InChI is InChI=1S/C14H14N2O3S2/c1-8(2)11(13(18)19)16-12(17)10(21-14(16)20)6-9-4-3-5-15-7-9/h3-8,11H,1-2H3,(H,18,19)/b10-6+/t11-/m0/s1. The zero-order valence-electron chi connectivity index (χ0n) is 11.5. The second-order valence-corrected chi connectivity index (χ2v) is 6.54. The summed E-state index contributed by atoms with van der Waals surface area (Å²) < 4.78 is 0.274. The lowest BCUT2D eigenvalue weighted by molar-refractivity contribution is -0.146. The first-order chi connectivity index (χ1) is 9.91. The third-order valence-electron chi connectivity index (χ3n) is 2.97. The molecule has 21 heavy (non-hydrogen) atoms. The van der Waals surface area contributed by atoms with Gasteiger partial charge in [-0.15, -0.1) is 0 Å². The molecule has 0 aliphatic carbocycles. The van der Waals surface area contributed by atoms with Crippen LogP contribution in [0.5, 0.6) is 0 Å². The fourth-order valence-corrected chi connectivity index (χ4v) is 3.36. The molecule has 0 unspecified atom stereocenters. The average Bonchev–Trinajstić information content (AvgIpc) is 2.67. The number of aliphatic carboxylic acids is 1. The van der Waals surface area contributed by atoms with E-state index < -0.39 is 12.0 Å². The number of hydrogen-bond donors (Lipinski definition) is 1. The SMILES string of the molecule is CC(C)[C@@H](C(=O)O)N1C(=O)/C(=C\c2cccnc2)SC1=S. The van der Waals surface area contributed by atoms with E-state index in [4.69, 9.17) is 12.2 Å². The Kier molecular flexibility index (Phi) is 4.74. The largest absolute Gasteiger partial charge is 0.480 e. The van der Waals surface area contributed by atoms with E-state index in [-0.39, 0.29) is 16.1 Å². The molecule has 1 fully saturated rings. The number of carboxylic acid groups (broad SMARTS) is 1. The number of thiocarbonyl (C=S) groups is 1. The van der Waals surface area contributed by atoms with Gasteiger partial charge < -0.3 is 5.11 Å². The number of carboxylic acids is 1. The highest BCUT2D eigenvalue weighted by Gasteiger charge is 2.41. The van der Waals surface area contributed by atoms with Gasteiger partial charge in [0, 0.05) is 12.4 Å². The lowest BCUT2D eigenvalue weighted by Crippen LogP contribution is -2.47. The van der Waals surface area contributed by atoms with Crippen LogP contribution in [0.15, 0.2) is 29.4 Å². The fraction of sp³-hybridized carbons (Fsp3) is 0.286. The van der Waals surface area contributed by atoms with Crippen molar-refractivity contribution in [1.29, 1.82) is 0 Å². The minimum Gasteiger partial charge on any atom is -0.480 e. The number of rotatable bonds is 4. The Morgan fingerprint density at radius 3 is 2.76 bits per heavy atom. The molecule has 2 rings (SSSR count). The molecular weight excluding hydrogens is 308 g/mol. The molecule has 0 saturated carbocycles. The van der Waals surface area contributed by atoms with Gasteiger partial charge in [0.1, 0.15) is 10.4 Å². The Bertz CT molecular complexity index is 614. The molecule has 0 bridgehead atoms. The molecule has 1 atom stereocenters. The van der Waals surface area contributed by atoms with E-state index in [1.165, 1.54) is 4.90 Å². The van der Waals surface area contributed by atoms with Crippen molar-refractivity contribution in [3.8, 4) is 0 Å². The van der Waals surface area contributed by atoms with Crippen molar-refractivity contribution in [3.05, 3.63) is 35.0 Å². The van der Waals surface area contributed by atoms with Gasteiger partial charge in [-0.3, -0.25) is 14.7 Å². The summed E-state index contributed by atoms with van der Waals surface area (Å²) in [6.07, 6.45) is 4.94. The number of thioether (sulfide) groups is 1. The van der Waals surface area contributed by atoms with Gasteiger partial charge in [0.05, 0.1) is 4.91 Å². The van der Waals surface area contributed by atoms with Crippen LogP contribution < -0.4 is 0 Å². The van der Waals surface area contributed by atoms with Gasteiger partial charge >= 0.3 is 5.97 Å². The van der Waals surface area contributed by atoms with Crippen molar-refractivity contribution in [2.24, 2.45) is 5.92 Å². The van der Waals surface area contributed by atoms with Crippen molar-refractivity contribution >= 4 is 46.3 Å². The van der Waals surface area contributed by atoms with Gasteiger partial charge in [0.25, 0.3) is 5.91 Å². The van der Waals surface area contributed by atoms with Crippen LogP contribution in [0.1, 0.15) is 19.4 Å². The molecule has 0 aromatic carbocycles. The molecule has 0 radical (unpaired) electrons. The topological polar surface area (TPSA) is 70.5 Å². The van der Waals surface area contributed by atoms with Crippen LogP contribution in [0, 0.1) is 5.92 Å². The highest BCUT2D eigenvalue weighted by atomic mass is 32.2. The summed E-state index contributed by atoms with van der Waals surface area (Å²) in [6, 6.07) is 2.63. The molecule has 1 aliphatic rings. The first-order valence-corrected chi connectivity index (χ1v) is 7.54. The zero-order valence-corrected chi connectivity index (χ0v) is 13.1. The number of aromatic nitrogens is 1. The van der Waals surface area contributed by atoms with Crippen LogP contribution in [0.25, 0.3) is 6.08 Å². The van der Waals surface area contributed by atoms with Crippen molar-refractivity contribution in [2.45, 2.75) is 19.9 Å². The Morgan fingerprint density at radius 2 is 2.24 bits per heavy atom. The Hall–Kier alpha value is -1.73. The molecule has 5 nitrogen and oxygen atoms in total. The molecule has 2 heterocycles. The van der Waals surface area contributed by atoms with Crippen LogP contribution >= 0.6 is 24.0 Å². The quantitative estimate of drug-likeness (QED) is 0.678. The van der Waals surface area contributed by atoms with E-state index in [1.807, 2.05) is 6.07 Å². The third-order valence-corrected chi connectivity index (χ3v) is 4.30. The summed E-state index contributed by atoms with van der Waals surface area (Å²) in [5.74, 6) is -1.65. The highest BCUT2D eigenvalue weighted by Crippen LogP contribution is 2.35. The van der Waals surface area contributed by atoms with Crippen molar-refractivity contribution < 1.29 is 14.7 Å². The summed E-state index contributed by atoms with van der Waals surface area (Å²) >= 11 is 6.29. The number of pyridine rings is 1. The van der Waals surface area contributed by atoms with E-state index in [1.54, 1.807) is 38.4 Å². The smallest absolute Gasteiger partial charge is 0.327 e. The van der Waals surface area contributed by atoms with Crippen molar-refractivity contribution in [1.82, 2.24) is 9.88 Å². The Balaban J connectivity index is 2.32. The molecule has 1 aromatic heterocycles. The number of amides is 1. The van der Waals surface area contributed by atoms with E-state index in [0.717, 1.165) is 17.3 Å². The molecular formula is C14H14N2O3S2. The lowest BCUT2D eigenvalue weighted by Gasteiger charge is -2.26. The third kappa shape index (κ3) is 3.30. The number of hydrogen-bond acceptors (Lipinski definition) is 5. The van der Waals surface area contributed by atoms with E-state index in [9.17, 15) is 14.7 Å². The van der Waals surface area contributed by atoms with Gasteiger partial charge in [-0.1, -0.05) is 43.9 Å². The molecule has 7 heteroatoms. The van der Waals surface area contributed by atoms with Gasteiger partial charge in [-0.25, -0.2) is 4.79 Å². The van der Waals surface area contributed by atoms with E-state index in [0.29, 0.717) is 4.91 Å². The number of carbonyl (C=O) groups is 2. The molecule has 1 saturated heterocycles. The lowest BCUT2D eigenvalue weighted by atomic mass is 10.0. The summed E-state index contributed by atoms with van der Waals surface area (Å²) in [6.45, 7) is 3.50. The average molecular weight is 322 g/mol. The predicted molar refractivity (Wildman–Crippen MR) is 85.5 cm³/mol. The number of nitrogens with zero attached hydrogens (tertiary/aromatic N) is 2. The second-order valence-electron chi connectivity index (χ2n) is 4.87. The van der Waals surface area contributed by atoms with E-state index >= 15 is 0 Å². The highest BCUT2D eigenvalue weighted by molar-refractivity contribution is 8.26. The number of carbonyl (C=O) groups excluding carboxylic acids is 1. The van der Waals surface area contributed by atoms with Gasteiger partial charge in [0.15, 0.2) is 0 Å². The van der Waals surface area contributed by atoms with Crippen LogP contribution in [-0.2, 0) is 9.59 Å². The monoisotopic (exact) mass is 322 g/mol.